The zero-order valence-electron chi connectivity index (χ0n) is 11.4. The molecule has 0 fully saturated rings. The van der Waals surface area contributed by atoms with Crippen LogP contribution in [0.3, 0.4) is 0 Å². The molecule has 5 nitrogen and oxygen atoms in total. The molecule has 0 saturated carbocycles. The molecule has 2 heterocycles. The van der Waals surface area contributed by atoms with E-state index in [1.165, 1.54) is 12.3 Å². The van der Waals surface area contributed by atoms with Gasteiger partial charge in [0.05, 0.1) is 6.20 Å². The largest absolute Gasteiger partial charge is 0.351 e. The van der Waals surface area contributed by atoms with Crippen LogP contribution in [0.15, 0.2) is 23.5 Å². The molecule has 0 radical (unpaired) electrons. The van der Waals surface area contributed by atoms with Gasteiger partial charge in [-0.2, -0.15) is 0 Å². The Kier molecular flexibility index (Phi) is 3.04. The second kappa shape index (κ2) is 4.29. The van der Waals surface area contributed by atoms with E-state index in [1.54, 1.807) is 6.92 Å². The molecular formula is C13H17FN4O. The van der Waals surface area contributed by atoms with Crippen molar-refractivity contribution < 1.29 is 9.18 Å². The van der Waals surface area contributed by atoms with Crippen LogP contribution >= 0.6 is 0 Å². The summed E-state index contributed by atoms with van der Waals surface area (Å²) in [4.78, 5) is 20.2. The third-order valence-corrected chi connectivity index (χ3v) is 2.77. The van der Waals surface area contributed by atoms with Crippen molar-refractivity contribution in [2.45, 2.75) is 38.8 Å². The summed E-state index contributed by atoms with van der Waals surface area (Å²) in [5.74, 6) is -0.394. The minimum atomic E-state index is -1.15. The zero-order valence-corrected chi connectivity index (χ0v) is 11.4. The molecule has 1 atom stereocenters. The van der Waals surface area contributed by atoms with Crippen molar-refractivity contribution >= 4 is 11.9 Å². The highest BCUT2D eigenvalue weighted by Gasteiger charge is 2.42. The number of aromatic nitrogens is 1. The number of hydrogen-bond donors (Lipinski definition) is 2. The van der Waals surface area contributed by atoms with Crippen LogP contribution in [0, 0.1) is 5.82 Å². The fraction of sp³-hybridized carbons (Fsp3) is 0.462. The Morgan fingerprint density at radius 1 is 1.37 bits per heavy atom. The molecule has 0 bridgehead atoms. The molecule has 1 aromatic heterocycles. The average molecular weight is 264 g/mol. The van der Waals surface area contributed by atoms with E-state index in [0.717, 1.165) is 6.20 Å². The van der Waals surface area contributed by atoms with E-state index in [9.17, 15) is 9.18 Å². The lowest BCUT2D eigenvalue weighted by Gasteiger charge is -2.21. The summed E-state index contributed by atoms with van der Waals surface area (Å²) in [5, 5.41) is 5.76. The summed E-state index contributed by atoms with van der Waals surface area (Å²) < 4.78 is 13.2. The van der Waals surface area contributed by atoms with Gasteiger partial charge in [0.1, 0.15) is 5.82 Å². The van der Waals surface area contributed by atoms with Crippen molar-refractivity contribution in [3.8, 4) is 0 Å². The van der Waals surface area contributed by atoms with Crippen molar-refractivity contribution in [1.29, 1.82) is 0 Å². The van der Waals surface area contributed by atoms with Gasteiger partial charge in [-0.3, -0.25) is 15.1 Å². The summed E-state index contributed by atoms with van der Waals surface area (Å²) in [5.41, 5.74) is -0.948. The third kappa shape index (κ3) is 2.72. The van der Waals surface area contributed by atoms with Crippen molar-refractivity contribution in [1.82, 2.24) is 15.6 Å². The topological polar surface area (TPSA) is 66.4 Å². The van der Waals surface area contributed by atoms with E-state index in [-0.39, 0.29) is 11.4 Å². The molecule has 19 heavy (non-hydrogen) atoms. The number of aliphatic imine (C=N–C) groups is 1. The minimum absolute atomic E-state index is 0.225. The Morgan fingerprint density at radius 3 is 2.63 bits per heavy atom. The van der Waals surface area contributed by atoms with E-state index in [2.05, 4.69) is 20.6 Å². The SMILES string of the molecule is CC(C)(C)NC1=NC(C)(c2cncc(F)c2)C(=O)N1. The first-order valence-corrected chi connectivity index (χ1v) is 6.01. The number of rotatable bonds is 1. The van der Waals surface area contributed by atoms with Gasteiger partial charge in [-0.1, -0.05) is 0 Å². The molecule has 0 saturated heterocycles. The molecule has 2 rings (SSSR count). The quantitative estimate of drug-likeness (QED) is 0.803. The Hall–Kier alpha value is -1.98. The minimum Gasteiger partial charge on any atom is -0.351 e. The lowest BCUT2D eigenvalue weighted by molar-refractivity contribution is -0.123. The van der Waals surface area contributed by atoms with E-state index < -0.39 is 11.4 Å². The second-order valence-corrected chi connectivity index (χ2v) is 5.75. The maximum absolute atomic E-state index is 13.2. The number of amides is 1. The summed E-state index contributed by atoms with van der Waals surface area (Å²) in [7, 11) is 0. The number of nitrogens with one attached hydrogen (secondary N) is 2. The maximum atomic E-state index is 13.2. The van der Waals surface area contributed by atoms with E-state index >= 15 is 0 Å². The van der Waals surface area contributed by atoms with Crippen molar-refractivity contribution in [3.05, 3.63) is 29.8 Å². The van der Waals surface area contributed by atoms with Crippen LogP contribution < -0.4 is 10.6 Å². The number of halogens is 1. The standard InChI is InChI=1S/C13H17FN4O/c1-12(2,3)17-11-16-10(19)13(4,18-11)8-5-9(14)7-15-6-8/h5-7H,1-4H3,(H2,16,17,18,19). The van der Waals surface area contributed by atoms with Gasteiger partial charge in [0, 0.05) is 17.3 Å². The smallest absolute Gasteiger partial charge is 0.259 e. The van der Waals surface area contributed by atoms with Gasteiger partial charge in [0.15, 0.2) is 11.5 Å². The third-order valence-electron chi connectivity index (χ3n) is 2.77. The molecule has 1 amide bonds. The van der Waals surface area contributed by atoms with Crippen LogP contribution in [0.4, 0.5) is 4.39 Å². The second-order valence-electron chi connectivity index (χ2n) is 5.75. The molecule has 0 aromatic carbocycles. The highest BCUT2D eigenvalue weighted by molar-refractivity contribution is 6.07. The van der Waals surface area contributed by atoms with Crippen LogP contribution in [0.1, 0.15) is 33.3 Å². The average Bonchev–Trinajstić information content (AvgIpc) is 2.52. The first-order valence-electron chi connectivity index (χ1n) is 6.01. The van der Waals surface area contributed by atoms with Gasteiger partial charge < -0.3 is 5.32 Å². The highest BCUT2D eigenvalue weighted by atomic mass is 19.1. The molecule has 1 aliphatic rings. The molecule has 0 aliphatic carbocycles. The van der Waals surface area contributed by atoms with Crippen LogP contribution in [0.25, 0.3) is 0 Å². The van der Waals surface area contributed by atoms with Gasteiger partial charge in [0.2, 0.25) is 0 Å². The number of carbonyl (C=O) groups excluding carboxylic acids is 1. The first-order chi connectivity index (χ1) is 8.71. The Morgan fingerprint density at radius 2 is 2.05 bits per heavy atom. The Balaban J connectivity index is 2.35. The summed E-state index contributed by atoms with van der Waals surface area (Å²) >= 11 is 0. The van der Waals surface area contributed by atoms with Crippen LogP contribution in [0.2, 0.25) is 0 Å². The van der Waals surface area contributed by atoms with E-state index in [4.69, 9.17) is 0 Å². The van der Waals surface area contributed by atoms with Crippen molar-refractivity contribution in [3.63, 3.8) is 0 Å². The molecule has 1 aliphatic heterocycles. The lowest BCUT2D eigenvalue weighted by atomic mass is 9.94. The van der Waals surface area contributed by atoms with Gasteiger partial charge in [0.25, 0.3) is 5.91 Å². The number of hydrogen-bond acceptors (Lipinski definition) is 4. The molecule has 1 unspecified atom stereocenters. The number of nitrogens with zero attached hydrogens (tertiary/aromatic N) is 2. The zero-order chi connectivity index (χ0) is 14.3. The van der Waals surface area contributed by atoms with Gasteiger partial charge in [-0.15, -0.1) is 0 Å². The number of carbonyl (C=O) groups is 1. The van der Waals surface area contributed by atoms with Gasteiger partial charge in [-0.05, 0) is 33.8 Å². The molecule has 1 aromatic rings. The Bertz CT molecular complexity index is 550. The molecule has 102 valence electrons. The fourth-order valence-corrected chi connectivity index (χ4v) is 1.82. The predicted octanol–water partition coefficient (Wildman–Crippen LogP) is 1.31. The summed E-state index contributed by atoms with van der Waals surface area (Å²) in [6.45, 7) is 7.51. The number of pyridine rings is 1. The van der Waals surface area contributed by atoms with Crippen LogP contribution in [-0.4, -0.2) is 22.4 Å². The molecule has 2 N–H and O–H groups in total. The van der Waals surface area contributed by atoms with Gasteiger partial charge in [-0.25, -0.2) is 9.38 Å². The molecule has 0 spiro atoms. The summed E-state index contributed by atoms with van der Waals surface area (Å²) in [6, 6.07) is 1.27. The molecule has 6 heteroatoms. The van der Waals surface area contributed by atoms with Crippen LogP contribution in [-0.2, 0) is 10.3 Å². The lowest BCUT2D eigenvalue weighted by Crippen LogP contribution is -2.47. The maximum Gasteiger partial charge on any atom is 0.259 e. The fourth-order valence-electron chi connectivity index (χ4n) is 1.82. The Labute approximate surface area is 111 Å². The van der Waals surface area contributed by atoms with Crippen LogP contribution in [0.5, 0.6) is 0 Å². The number of guanidine groups is 1. The van der Waals surface area contributed by atoms with Crippen molar-refractivity contribution in [2.75, 3.05) is 0 Å². The van der Waals surface area contributed by atoms with Crippen molar-refractivity contribution in [2.24, 2.45) is 4.99 Å². The highest BCUT2D eigenvalue weighted by Crippen LogP contribution is 2.28. The summed E-state index contributed by atoms with van der Waals surface area (Å²) in [6.07, 6.45) is 2.55. The van der Waals surface area contributed by atoms with E-state index in [0.29, 0.717) is 11.5 Å². The van der Waals surface area contributed by atoms with E-state index in [1.807, 2.05) is 20.8 Å². The monoisotopic (exact) mass is 264 g/mol. The molecular weight excluding hydrogens is 247 g/mol. The van der Waals surface area contributed by atoms with Gasteiger partial charge >= 0.3 is 0 Å². The first kappa shape index (κ1) is 13.5. The normalized spacial score (nSPS) is 23.0. The predicted molar refractivity (Wildman–Crippen MR) is 70.0 cm³/mol.